The lowest BCUT2D eigenvalue weighted by Crippen LogP contribution is -2.53. The Balaban J connectivity index is 1.81. The molecule has 254 valence electrons. The predicted molar refractivity (Wildman–Crippen MR) is 186 cm³/mol. The highest BCUT2D eigenvalue weighted by atomic mass is 32.2. The van der Waals surface area contributed by atoms with E-state index in [1.54, 1.807) is 24.3 Å². The summed E-state index contributed by atoms with van der Waals surface area (Å²) in [7, 11) is -1.47. The van der Waals surface area contributed by atoms with Gasteiger partial charge in [0.25, 0.3) is 10.0 Å². The summed E-state index contributed by atoms with van der Waals surface area (Å²) in [6, 6.07) is 28.6. The smallest absolute Gasteiger partial charge is 0.264 e. The van der Waals surface area contributed by atoms with Gasteiger partial charge in [-0.25, -0.2) is 8.42 Å². The molecule has 0 aliphatic heterocycles. The molecule has 11 heteroatoms. The van der Waals surface area contributed by atoms with E-state index in [-0.39, 0.29) is 35.2 Å². The molecule has 0 heterocycles. The number of benzene rings is 4. The maximum atomic E-state index is 14.6. The Hall–Kier alpha value is -5.03. The van der Waals surface area contributed by atoms with Crippen LogP contribution in [0.4, 0.5) is 5.69 Å². The lowest BCUT2D eigenvalue weighted by molar-refractivity contribution is -0.140. The summed E-state index contributed by atoms with van der Waals surface area (Å²) in [5.74, 6) is 0.260. The van der Waals surface area contributed by atoms with E-state index in [2.05, 4.69) is 5.32 Å². The summed E-state index contributed by atoms with van der Waals surface area (Å²) in [5, 5.41) is 2.95. The highest BCUT2D eigenvalue weighted by molar-refractivity contribution is 7.92. The lowest BCUT2D eigenvalue weighted by Gasteiger charge is -2.34. The standard InChI is InChI=1S/C37H43N3O7S/c1-5-23-38-37(42)33(24-28-13-9-7-10-14-28)39(26-29-15-11-8-12-16-29)36(41)27-40(30-17-19-31(20-18-30)47-6-2)48(43,44)32-21-22-34(45-3)35(25-32)46-4/h7-22,25,33H,5-6,23-24,26-27H2,1-4H3,(H,38,42). The predicted octanol–water partition coefficient (Wildman–Crippen LogP) is 5.46. The average Bonchev–Trinajstić information content (AvgIpc) is 3.11. The number of methoxy groups -OCH3 is 2. The van der Waals surface area contributed by atoms with Gasteiger partial charge in [-0.2, -0.15) is 0 Å². The fourth-order valence-corrected chi connectivity index (χ4v) is 6.64. The number of hydrogen-bond acceptors (Lipinski definition) is 7. The van der Waals surface area contributed by atoms with Crippen LogP contribution in [0, 0.1) is 0 Å². The third kappa shape index (κ3) is 9.07. The minimum absolute atomic E-state index is 0.0875. The van der Waals surface area contributed by atoms with E-state index in [9.17, 15) is 18.0 Å². The SMILES string of the molecule is CCCNC(=O)C(Cc1ccccc1)N(Cc1ccccc1)C(=O)CN(c1ccc(OCC)cc1)S(=O)(=O)c1ccc(OC)c(OC)c1. The Bertz CT molecular complexity index is 1730. The van der Waals surface area contributed by atoms with Crippen LogP contribution >= 0.6 is 0 Å². The monoisotopic (exact) mass is 673 g/mol. The number of sulfonamides is 1. The number of carbonyl (C=O) groups is 2. The molecule has 4 rings (SSSR count). The van der Waals surface area contributed by atoms with Crippen LogP contribution in [0.5, 0.6) is 17.2 Å². The molecule has 0 aromatic heterocycles. The zero-order chi connectivity index (χ0) is 34.5. The third-order valence-electron chi connectivity index (χ3n) is 7.67. The van der Waals surface area contributed by atoms with Crippen molar-refractivity contribution in [3.05, 3.63) is 114 Å². The molecule has 0 saturated heterocycles. The highest BCUT2D eigenvalue weighted by Gasteiger charge is 2.35. The van der Waals surface area contributed by atoms with Crippen LogP contribution in [0.15, 0.2) is 108 Å². The van der Waals surface area contributed by atoms with Gasteiger partial charge in [-0.3, -0.25) is 13.9 Å². The second-order valence-electron chi connectivity index (χ2n) is 11.0. The molecule has 1 N–H and O–H groups in total. The zero-order valence-electron chi connectivity index (χ0n) is 27.8. The van der Waals surface area contributed by atoms with Gasteiger partial charge in [0.05, 0.1) is 31.4 Å². The average molecular weight is 674 g/mol. The van der Waals surface area contributed by atoms with Gasteiger partial charge in [-0.15, -0.1) is 0 Å². The fraction of sp³-hybridized carbons (Fsp3) is 0.297. The minimum Gasteiger partial charge on any atom is -0.494 e. The van der Waals surface area contributed by atoms with Crippen molar-refractivity contribution >= 4 is 27.5 Å². The van der Waals surface area contributed by atoms with Gasteiger partial charge in [-0.05, 0) is 60.9 Å². The van der Waals surface area contributed by atoms with Gasteiger partial charge < -0.3 is 24.4 Å². The van der Waals surface area contributed by atoms with Crippen molar-refractivity contribution in [3.8, 4) is 17.2 Å². The molecule has 0 aliphatic carbocycles. The van der Waals surface area contributed by atoms with Gasteiger partial charge in [0, 0.05) is 25.6 Å². The molecule has 4 aromatic rings. The number of amides is 2. The van der Waals surface area contributed by atoms with Gasteiger partial charge in [0.15, 0.2) is 11.5 Å². The van der Waals surface area contributed by atoms with Gasteiger partial charge in [-0.1, -0.05) is 67.6 Å². The Labute approximate surface area is 283 Å². The number of anilines is 1. The number of hydrogen-bond donors (Lipinski definition) is 1. The minimum atomic E-state index is -4.35. The molecule has 4 aromatic carbocycles. The lowest BCUT2D eigenvalue weighted by atomic mass is 10.0. The highest BCUT2D eigenvalue weighted by Crippen LogP contribution is 2.33. The summed E-state index contributed by atoms with van der Waals surface area (Å²) < 4.78 is 46.2. The molecule has 0 bridgehead atoms. The van der Waals surface area contributed by atoms with E-state index < -0.39 is 28.5 Å². The van der Waals surface area contributed by atoms with Crippen molar-refractivity contribution in [1.29, 1.82) is 0 Å². The number of nitrogens with one attached hydrogen (secondary N) is 1. The van der Waals surface area contributed by atoms with Crippen LogP contribution in [0.1, 0.15) is 31.4 Å². The molecule has 48 heavy (non-hydrogen) atoms. The summed E-state index contributed by atoms with van der Waals surface area (Å²) in [5.41, 5.74) is 1.90. The van der Waals surface area contributed by atoms with Crippen molar-refractivity contribution in [2.24, 2.45) is 0 Å². The normalized spacial score (nSPS) is 11.7. The fourth-order valence-electron chi connectivity index (χ4n) is 5.21. The molecule has 10 nitrogen and oxygen atoms in total. The number of rotatable bonds is 17. The second kappa shape index (κ2) is 17.2. The topological polar surface area (TPSA) is 114 Å². The van der Waals surface area contributed by atoms with Crippen LogP contribution in [-0.2, 0) is 32.6 Å². The van der Waals surface area contributed by atoms with Gasteiger partial charge in [0.2, 0.25) is 11.8 Å². The van der Waals surface area contributed by atoms with Crippen molar-refractivity contribution in [1.82, 2.24) is 10.2 Å². The molecule has 2 amide bonds. The molecule has 0 spiro atoms. The Kier molecular flexibility index (Phi) is 12.8. The summed E-state index contributed by atoms with van der Waals surface area (Å²) in [4.78, 5) is 29.7. The van der Waals surface area contributed by atoms with Crippen LogP contribution in [0.3, 0.4) is 0 Å². The first-order chi connectivity index (χ1) is 23.2. The first-order valence-electron chi connectivity index (χ1n) is 15.8. The third-order valence-corrected chi connectivity index (χ3v) is 9.44. The van der Waals surface area contributed by atoms with Crippen molar-refractivity contribution in [2.75, 3.05) is 38.2 Å². The van der Waals surface area contributed by atoms with E-state index in [4.69, 9.17) is 14.2 Å². The molecule has 0 fully saturated rings. The van der Waals surface area contributed by atoms with Crippen molar-refractivity contribution in [3.63, 3.8) is 0 Å². The maximum Gasteiger partial charge on any atom is 0.264 e. The first-order valence-corrected chi connectivity index (χ1v) is 17.3. The van der Waals surface area contributed by atoms with Crippen LogP contribution in [0.2, 0.25) is 0 Å². The van der Waals surface area contributed by atoms with Crippen LogP contribution in [-0.4, -0.2) is 65.1 Å². The molecule has 1 atom stereocenters. The van der Waals surface area contributed by atoms with E-state index >= 15 is 0 Å². The molecule has 0 saturated carbocycles. The number of nitrogens with zero attached hydrogens (tertiary/aromatic N) is 2. The van der Waals surface area contributed by atoms with Crippen molar-refractivity contribution < 1.29 is 32.2 Å². The van der Waals surface area contributed by atoms with Crippen LogP contribution < -0.4 is 23.8 Å². The molecular weight excluding hydrogens is 630 g/mol. The van der Waals surface area contributed by atoms with Crippen LogP contribution in [0.25, 0.3) is 0 Å². The van der Waals surface area contributed by atoms with Gasteiger partial charge >= 0.3 is 0 Å². The number of ether oxygens (including phenoxy) is 3. The Morgan fingerprint density at radius 1 is 0.792 bits per heavy atom. The van der Waals surface area contributed by atoms with E-state index in [1.807, 2.05) is 74.5 Å². The molecular formula is C37H43N3O7S. The second-order valence-corrected chi connectivity index (χ2v) is 12.8. The number of carbonyl (C=O) groups excluding carboxylic acids is 2. The molecule has 1 unspecified atom stereocenters. The van der Waals surface area contributed by atoms with Gasteiger partial charge in [0.1, 0.15) is 18.3 Å². The summed E-state index contributed by atoms with van der Waals surface area (Å²) >= 11 is 0. The van der Waals surface area contributed by atoms with Crippen molar-refractivity contribution in [2.45, 2.75) is 44.2 Å². The van der Waals surface area contributed by atoms with E-state index in [1.165, 1.54) is 37.3 Å². The molecule has 0 radical (unpaired) electrons. The molecule has 0 aliphatic rings. The summed E-state index contributed by atoms with van der Waals surface area (Å²) in [6.07, 6.45) is 0.950. The largest absolute Gasteiger partial charge is 0.494 e. The zero-order valence-corrected chi connectivity index (χ0v) is 28.6. The quantitative estimate of drug-likeness (QED) is 0.158. The maximum absolute atomic E-state index is 14.6. The Morgan fingerprint density at radius 3 is 2.00 bits per heavy atom. The Morgan fingerprint density at radius 2 is 1.42 bits per heavy atom. The first kappa shape index (κ1) is 35.8. The van der Waals surface area contributed by atoms with E-state index in [0.717, 1.165) is 15.4 Å². The van der Waals surface area contributed by atoms with E-state index in [0.29, 0.717) is 31.1 Å². The summed E-state index contributed by atoms with van der Waals surface area (Å²) in [6.45, 7) is 4.18.